The molecule has 0 unspecified atom stereocenters. The van der Waals surface area contributed by atoms with Gasteiger partial charge in [-0.15, -0.1) is 0 Å². The van der Waals surface area contributed by atoms with Gasteiger partial charge in [-0.1, -0.05) is 42.5 Å². The van der Waals surface area contributed by atoms with Crippen molar-refractivity contribution in [2.24, 2.45) is 0 Å². The number of ether oxygens (including phenoxy) is 1. The Labute approximate surface area is 153 Å². The fourth-order valence-electron chi connectivity index (χ4n) is 3.76. The lowest BCUT2D eigenvalue weighted by atomic mass is 9.81. The molecular weight excluding hydrogens is 330 g/mol. The number of ketones is 1. The zero-order valence-electron chi connectivity index (χ0n) is 14.9. The van der Waals surface area contributed by atoms with E-state index in [4.69, 9.17) is 4.74 Å². The first-order valence-corrected chi connectivity index (χ1v) is 8.92. The van der Waals surface area contributed by atoms with Gasteiger partial charge in [-0.3, -0.25) is 14.4 Å². The largest absolute Gasteiger partial charge is 0.464 e. The number of piperidine rings is 1. The highest BCUT2D eigenvalue weighted by molar-refractivity contribution is 6.01. The van der Waals surface area contributed by atoms with Crippen molar-refractivity contribution in [1.82, 2.24) is 4.90 Å². The summed E-state index contributed by atoms with van der Waals surface area (Å²) in [5.74, 6) is -0.423. The van der Waals surface area contributed by atoms with Gasteiger partial charge in [0.25, 0.3) is 0 Å². The van der Waals surface area contributed by atoms with E-state index in [1.165, 1.54) is 19.1 Å². The van der Waals surface area contributed by atoms with E-state index in [0.717, 1.165) is 18.4 Å². The number of carbonyl (C=O) groups is 3. The summed E-state index contributed by atoms with van der Waals surface area (Å²) in [7, 11) is 0. The van der Waals surface area contributed by atoms with Crippen molar-refractivity contribution in [3.63, 3.8) is 0 Å². The van der Waals surface area contributed by atoms with Crippen LogP contribution >= 0.6 is 0 Å². The van der Waals surface area contributed by atoms with E-state index in [2.05, 4.69) is 0 Å². The fraction of sp³-hybridized carbons (Fsp3) is 0.381. The molecule has 3 rings (SSSR count). The summed E-state index contributed by atoms with van der Waals surface area (Å²) in [5.41, 5.74) is 0.445. The molecule has 1 heterocycles. The molecule has 0 N–H and O–H groups in total. The van der Waals surface area contributed by atoms with Gasteiger partial charge < -0.3 is 9.64 Å². The highest BCUT2D eigenvalue weighted by atomic mass is 16.5. The highest BCUT2D eigenvalue weighted by Crippen LogP contribution is 2.36. The number of nitrogens with zero attached hydrogens (tertiary/aromatic N) is 1. The first kappa shape index (κ1) is 18.1. The number of allylic oxidation sites excluding steroid dienone is 2. The van der Waals surface area contributed by atoms with Crippen molar-refractivity contribution in [2.75, 3.05) is 6.61 Å². The highest BCUT2D eigenvalue weighted by Gasteiger charge is 2.43. The molecule has 26 heavy (non-hydrogen) atoms. The molecule has 5 heteroatoms. The van der Waals surface area contributed by atoms with Crippen LogP contribution in [0.25, 0.3) is 0 Å². The second-order valence-corrected chi connectivity index (χ2v) is 6.82. The van der Waals surface area contributed by atoms with Gasteiger partial charge in [-0.25, -0.2) is 0 Å². The summed E-state index contributed by atoms with van der Waals surface area (Å²) in [6.45, 7) is 1.50. The molecule has 1 aromatic carbocycles. The molecule has 5 nitrogen and oxygen atoms in total. The average molecular weight is 353 g/mol. The predicted molar refractivity (Wildman–Crippen MR) is 97.3 cm³/mol. The van der Waals surface area contributed by atoms with E-state index in [1.54, 1.807) is 0 Å². The number of benzene rings is 1. The van der Waals surface area contributed by atoms with Crippen LogP contribution in [0.15, 0.2) is 54.6 Å². The number of esters is 1. The predicted octanol–water partition coefficient (Wildman–Crippen LogP) is 2.61. The van der Waals surface area contributed by atoms with Gasteiger partial charge in [0.1, 0.15) is 6.61 Å². The maximum atomic E-state index is 12.9. The first-order chi connectivity index (χ1) is 12.5. The monoisotopic (exact) mass is 353 g/mol. The molecule has 1 amide bonds. The smallest absolute Gasteiger partial charge is 0.302 e. The van der Waals surface area contributed by atoms with Crippen LogP contribution in [-0.2, 0) is 25.5 Å². The van der Waals surface area contributed by atoms with Gasteiger partial charge in [-0.2, -0.15) is 0 Å². The maximum Gasteiger partial charge on any atom is 0.302 e. The van der Waals surface area contributed by atoms with Crippen molar-refractivity contribution < 1.29 is 19.1 Å². The molecule has 2 aliphatic rings. The van der Waals surface area contributed by atoms with Crippen molar-refractivity contribution >= 4 is 17.7 Å². The topological polar surface area (TPSA) is 63.7 Å². The second-order valence-electron chi connectivity index (χ2n) is 6.82. The number of likely N-dealkylation sites (tertiary alicyclic amines) is 1. The second kappa shape index (κ2) is 7.68. The zero-order chi connectivity index (χ0) is 18.6. The fourth-order valence-corrected chi connectivity index (χ4v) is 3.76. The van der Waals surface area contributed by atoms with E-state index in [1.807, 2.05) is 47.4 Å². The summed E-state index contributed by atoms with van der Waals surface area (Å²) in [5, 5.41) is 0. The molecule has 0 aromatic heterocycles. The lowest BCUT2D eigenvalue weighted by molar-refractivity contribution is -0.150. The summed E-state index contributed by atoms with van der Waals surface area (Å²) < 4.78 is 5.28. The Morgan fingerprint density at radius 2 is 1.88 bits per heavy atom. The van der Waals surface area contributed by atoms with Gasteiger partial charge in [0, 0.05) is 13.3 Å². The summed E-state index contributed by atoms with van der Waals surface area (Å²) >= 11 is 0. The van der Waals surface area contributed by atoms with Crippen LogP contribution in [0.3, 0.4) is 0 Å². The Morgan fingerprint density at radius 3 is 2.54 bits per heavy atom. The van der Waals surface area contributed by atoms with Crippen molar-refractivity contribution in [3.05, 3.63) is 60.2 Å². The molecule has 0 radical (unpaired) electrons. The summed E-state index contributed by atoms with van der Waals surface area (Å²) in [6, 6.07) is 9.54. The van der Waals surface area contributed by atoms with E-state index in [0.29, 0.717) is 12.8 Å². The SMILES string of the molecule is CC(=O)OC[C@H](Cc1ccccc1)N1C(=O)CCCC12C=CC(=O)C=C2. The summed E-state index contributed by atoms with van der Waals surface area (Å²) in [6.07, 6.45) is 9.25. The first-order valence-electron chi connectivity index (χ1n) is 8.92. The average Bonchev–Trinajstić information content (AvgIpc) is 2.63. The summed E-state index contributed by atoms with van der Waals surface area (Å²) in [4.78, 5) is 37.7. The normalized spacial score (nSPS) is 19.7. The lowest BCUT2D eigenvalue weighted by Gasteiger charge is -2.48. The Kier molecular flexibility index (Phi) is 5.35. The van der Waals surface area contributed by atoms with Crippen molar-refractivity contribution in [2.45, 2.75) is 44.2 Å². The van der Waals surface area contributed by atoms with E-state index >= 15 is 0 Å². The molecule has 0 bridgehead atoms. The van der Waals surface area contributed by atoms with Crippen LogP contribution in [0, 0.1) is 0 Å². The zero-order valence-corrected chi connectivity index (χ0v) is 14.9. The van der Waals surface area contributed by atoms with E-state index in [9.17, 15) is 14.4 Å². The van der Waals surface area contributed by atoms with Gasteiger partial charge in [-0.05, 0) is 37.0 Å². The number of carbonyl (C=O) groups excluding carboxylic acids is 3. The Morgan fingerprint density at radius 1 is 1.19 bits per heavy atom. The molecule has 1 spiro atoms. The standard InChI is InChI=1S/C21H23NO4/c1-16(23)26-15-18(14-17-6-3-2-4-7-17)22-20(25)8-5-11-21(22)12-9-19(24)10-13-21/h2-4,6-7,9-10,12-13,18H,5,8,11,14-15H2,1H3/t18-/m0/s1. The molecule has 1 aliphatic heterocycles. The molecule has 1 saturated heterocycles. The van der Waals surface area contributed by atoms with E-state index < -0.39 is 5.54 Å². The van der Waals surface area contributed by atoms with Crippen molar-refractivity contribution in [3.8, 4) is 0 Å². The third-order valence-electron chi connectivity index (χ3n) is 4.92. The molecule has 0 saturated carbocycles. The van der Waals surface area contributed by atoms with Crippen LogP contribution in [0.4, 0.5) is 0 Å². The number of hydrogen-bond acceptors (Lipinski definition) is 4. The quantitative estimate of drug-likeness (QED) is 0.764. The lowest BCUT2D eigenvalue weighted by Crippen LogP contribution is -2.59. The van der Waals surface area contributed by atoms with Crippen LogP contribution < -0.4 is 0 Å². The van der Waals surface area contributed by atoms with Crippen LogP contribution in [0.2, 0.25) is 0 Å². The molecule has 1 aliphatic carbocycles. The minimum absolute atomic E-state index is 0.0213. The third kappa shape index (κ3) is 3.93. The van der Waals surface area contributed by atoms with Gasteiger partial charge in [0.2, 0.25) is 5.91 Å². The Hall–Kier alpha value is -2.69. The molecule has 1 fully saturated rings. The molecular formula is C21H23NO4. The van der Waals surface area contributed by atoms with Gasteiger partial charge in [0.05, 0.1) is 11.6 Å². The Bertz CT molecular complexity index is 735. The van der Waals surface area contributed by atoms with Crippen LogP contribution in [-0.4, -0.2) is 40.7 Å². The van der Waals surface area contributed by atoms with Crippen LogP contribution in [0.1, 0.15) is 31.7 Å². The number of rotatable bonds is 5. The number of amides is 1. The number of hydrogen-bond donors (Lipinski definition) is 0. The molecule has 1 atom stereocenters. The van der Waals surface area contributed by atoms with Crippen LogP contribution in [0.5, 0.6) is 0 Å². The third-order valence-corrected chi connectivity index (χ3v) is 4.92. The molecule has 136 valence electrons. The minimum atomic E-state index is -0.622. The van der Waals surface area contributed by atoms with Crippen molar-refractivity contribution in [1.29, 1.82) is 0 Å². The van der Waals surface area contributed by atoms with E-state index in [-0.39, 0.29) is 30.3 Å². The van der Waals surface area contributed by atoms with Gasteiger partial charge in [0.15, 0.2) is 5.78 Å². The minimum Gasteiger partial charge on any atom is -0.464 e. The molecule has 1 aromatic rings. The maximum absolute atomic E-state index is 12.9. The Balaban J connectivity index is 1.94. The van der Waals surface area contributed by atoms with Gasteiger partial charge >= 0.3 is 5.97 Å².